The fourth-order valence-corrected chi connectivity index (χ4v) is 3.30. The van der Waals surface area contributed by atoms with Crippen molar-refractivity contribution < 1.29 is 14.7 Å². The van der Waals surface area contributed by atoms with Gasteiger partial charge in [0.05, 0.1) is 5.39 Å². The van der Waals surface area contributed by atoms with Gasteiger partial charge >= 0.3 is 0 Å². The minimum Gasteiger partial charge on any atom is -0.492 e. The number of carbonyl (C=O) groups is 1. The van der Waals surface area contributed by atoms with Crippen LogP contribution in [0.15, 0.2) is 89.7 Å². The van der Waals surface area contributed by atoms with Crippen LogP contribution in [0.2, 0.25) is 0 Å². The molecular weight excluding hydrogens is 380 g/mol. The lowest BCUT2D eigenvalue weighted by Gasteiger charge is -2.20. The number of carbonyl (C=O) groups excluding carboxylic acids is 1. The quantitative estimate of drug-likeness (QED) is 0.556. The molecule has 0 spiro atoms. The first-order valence-electron chi connectivity index (χ1n) is 9.45. The average molecular weight is 400 g/mol. The standard InChI is InChI=1S/C24H20N2O4/c1-25(18-12-6-3-7-13-18)23(28)21-19-14-8-9-15-20(19)22(27)26(24(21)29)30-16-17-10-4-2-5-11-17/h2-15,29H,16H2,1H3. The molecule has 1 heterocycles. The Bertz CT molecular complexity index is 1250. The Labute approximate surface area is 173 Å². The van der Waals surface area contributed by atoms with Gasteiger partial charge in [0.25, 0.3) is 11.5 Å². The Morgan fingerprint density at radius 3 is 2.13 bits per heavy atom. The predicted molar refractivity (Wildman–Crippen MR) is 116 cm³/mol. The van der Waals surface area contributed by atoms with Crippen LogP contribution >= 0.6 is 0 Å². The minimum absolute atomic E-state index is 0.00427. The molecule has 0 aliphatic carbocycles. The van der Waals surface area contributed by atoms with Crippen molar-refractivity contribution in [2.45, 2.75) is 6.61 Å². The molecule has 0 unspecified atom stereocenters. The number of amides is 1. The summed E-state index contributed by atoms with van der Waals surface area (Å²) in [5.41, 5.74) is 0.961. The SMILES string of the molecule is CN(C(=O)c1c(O)n(OCc2ccccc2)c(=O)c2ccccc12)c1ccccc1. The summed E-state index contributed by atoms with van der Waals surface area (Å²) in [6, 6.07) is 25.0. The maximum atomic E-state index is 13.3. The fourth-order valence-electron chi connectivity index (χ4n) is 3.30. The van der Waals surface area contributed by atoms with Gasteiger partial charge in [0.2, 0.25) is 5.88 Å². The number of nitrogens with zero attached hydrogens (tertiary/aromatic N) is 2. The summed E-state index contributed by atoms with van der Waals surface area (Å²) in [6.07, 6.45) is 0. The third kappa shape index (κ3) is 3.51. The van der Waals surface area contributed by atoms with Gasteiger partial charge in [0, 0.05) is 18.1 Å². The molecule has 0 aliphatic heterocycles. The number of fused-ring (bicyclic) bond motifs is 1. The average Bonchev–Trinajstić information content (AvgIpc) is 2.79. The maximum Gasteiger partial charge on any atom is 0.294 e. The van der Waals surface area contributed by atoms with E-state index >= 15 is 0 Å². The second-order valence-electron chi connectivity index (χ2n) is 6.80. The van der Waals surface area contributed by atoms with Crippen LogP contribution in [0.3, 0.4) is 0 Å². The first-order valence-corrected chi connectivity index (χ1v) is 9.45. The highest BCUT2D eigenvalue weighted by Crippen LogP contribution is 2.27. The molecule has 150 valence electrons. The summed E-state index contributed by atoms with van der Waals surface area (Å²) < 4.78 is 0.793. The number of aromatic hydroxyl groups is 1. The van der Waals surface area contributed by atoms with E-state index in [1.165, 1.54) is 4.90 Å². The van der Waals surface area contributed by atoms with Crippen molar-refractivity contribution in [1.82, 2.24) is 4.73 Å². The molecule has 0 aliphatic rings. The molecule has 4 rings (SSSR count). The zero-order valence-corrected chi connectivity index (χ0v) is 16.4. The molecule has 3 aromatic carbocycles. The maximum absolute atomic E-state index is 13.3. The van der Waals surface area contributed by atoms with Crippen LogP contribution < -0.4 is 15.3 Å². The summed E-state index contributed by atoms with van der Waals surface area (Å²) in [7, 11) is 1.62. The molecule has 30 heavy (non-hydrogen) atoms. The Hall–Kier alpha value is -4.06. The highest BCUT2D eigenvalue weighted by molar-refractivity contribution is 6.15. The molecule has 4 aromatic rings. The zero-order valence-electron chi connectivity index (χ0n) is 16.4. The third-order valence-electron chi connectivity index (χ3n) is 4.89. The number of anilines is 1. The largest absolute Gasteiger partial charge is 0.492 e. The molecule has 6 nitrogen and oxygen atoms in total. The number of benzene rings is 3. The van der Waals surface area contributed by atoms with Crippen LogP contribution in [0.5, 0.6) is 5.88 Å². The monoisotopic (exact) mass is 400 g/mol. The summed E-state index contributed by atoms with van der Waals surface area (Å²) in [5.74, 6) is -0.977. The molecule has 0 atom stereocenters. The molecule has 6 heteroatoms. The van der Waals surface area contributed by atoms with Crippen molar-refractivity contribution in [3.05, 3.63) is 106 Å². The highest BCUT2D eigenvalue weighted by Gasteiger charge is 2.25. The van der Waals surface area contributed by atoms with Crippen LogP contribution in [-0.4, -0.2) is 22.8 Å². The number of aromatic nitrogens is 1. The second kappa shape index (κ2) is 8.13. The third-order valence-corrected chi connectivity index (χ3v) is 4.89. The molecule has 1 aromatic heterocycles. The summed E-state index contributed by atoms with van der Waals surface area (Å²) >= 11 is 0. The van der Waals surface area contributed by atoms with Gasteiger partial charge in [-0.15, -0.1) is 4.73 Å². The lowest BCUT2D eigenvalue weighted by atomic mass is 10.1. The van der Waals surface area contributed by atoms with E-state index in [1.807, 2.05) is 48.5 Å². The number of para-hydroxylation sites is 1. The minimum atomic E-state index is -0.530. The lowest BCUT2D eigenvalue weighted by Crippen LogP contribution is -2.32. The fraction of sp³-hybridized carbons (Fsp3) is 0.0833. The molecule has 0 bridgehead atoms. The summed E-state index contributed by atoms with van der Waals surface area (Å²) in [6.45, 7) is 0.0643. The number of hydrogen-bond acceptors (Lipinski definition) is 4. The molecule has 0 saturated carbocycles. The van der Waals surface area contributed by atoms with Gasteiger partial charge in [-0.3, -0.25) is 9.59 Å². The van der Waals surface area contributed by atoms with Crippen molar-refractivity contribution in [3.63, 3.8) is 0 Å². The van der Waals surface area contributed by atoms with E-state index in [1.54, 1.807) is 43.4 Å². The van der Waals surface area contributed by atoms with E-state index in [2.05, 4.69) is 0 Å². The second-order valence-corrected chi connectivity index (χ2v) is 6.80. The number of pyridine rings is 1. The van der Waals surface area contributed by atoms with Gasteiger partial charge in [0.1, 0.15) is 12.2 Å². The molecule has 1 N–H and O–H groups in total. The van der Waals surface area contributed by atoms with E-state index < -0.39 is 17.3 Å². The molecule has 0 radical (unpaired) electrons. The van der Waals surface area contributed by atoms with Crippen LogP contribution in [0.4, 0.5) is 5.69 Å². The van der Waals surface area contributed by atoms with Crippen molar-refractivity contribution >= 4 is 22.4 Å². The number of hydrogen-bond donors (Lipinski definition) is 1. The lowest BCUT2D eigenvalue weighted by molar-refractivity contribution is 0.0703. The van der Waals surface area contributed by atoms with E-state index in [-0.39, 0.29) is 17.6 Å². The Morgan fingerprint density at radius 2 is 1.47 bits per heavy atom. The zero-order chi connectivity index (χ0) is 21.1. The Balaban J connectivity index is 1.82. The van der Waals surface area contributed by atoms with Crippen LogP contribution in [0, 0.1) is 0 Å². The highest BCUT2D eigenvalue weighted by atomic mass is 16.7. The van der Waals surface area contributed by atoms with E-state index in [0.29, 0.717) is 11.1 Å². The molecule has 0 fully saturated rings. The van der Waals surface area contributed by atoms with Gasteiger partial charge in [0.15, 0.2) is 0 Å². The van der Waals surface area contributed by atoms with E-state index in [4.69, 9.17) is 4.84 Å². The number of rotatable bonds is 5. The van der Waals surface area contributed by atoms with Gasteiger partial charge in [-0.2, -0.15) is 0 Å². The van der Waals surface area contributed by atoms with Crippen molar-refractivity contribution in [1.29, 1.82) is 0 Å². The van der Waals surface area contributed by atoms with Crippen molar-refractivity contribution in [2.75, 3.05) is 11.9 Å². The Kier molecular flexibility index (Phi) is 5.22. The van der Waals surface area contributed by atoms with Crippen LogP contribution in [0.25, 0.3) is 10.8 Å². The van der Waals surface area contributed by atoms with Gasteiger partial charge in [-0.25, -0.2) is 0 Å². The topological polar surface area (TPSA) is 71.8 Å². The molecular formula is C24H20N2O4. The van der Waals surface area contributed by atoms with Crippen molar-refractivity contribution in [3.8, 4) is 5.88 Å². The summed E-state index contributed by atoms with van der Waals surface area (Å²) in [5, 5.41) is 11.6. The first-order chi connectivity index (χ1) is 14.6. The molecule has 1 amide bonds. The predicted octanol–water partition coefficient (Wildman–Crippen LogP) is 3.61. The van der Waals surface area contributed by atoms with Gasteiger partial charge < -0.3 is 14.8 Å². The first kappa shape index (κ1) is 19.3. The van der Waals surface area contributed by atoms with E-state index in [0.717, 1.165) is 10.3 Å². The summed E-state index contributed by atoms with van der Waals surface area (Å²) in [4.78, 5) is 33.3. The van der Waals surface area contributed by atoms with Crippen LogP contribution in [0.1, 0.15) is 15.9 Å². The van der Waals surface area contributed by atoms with Crippen LogP contribution in [-0.2, 0) is 6.61 Å². The van der Waals surface area contributed by atoms with E-state index in [9.17, 15) is 14.7 Å². The Morgan fingerprint density at radius 1 is 0.900 bits per heavy atom. The normalized spacial score (nSPS) is 10.7. The van der Waals surface area contributed by atoms with Gasteiger partial charge in [-0.05, 0) is 23.8 Å². The smallest absolute Gasteiger partial charge is 0.294 e. The van der Waals surface area contributed by atoms with Gasteiger partial charge in [-0.1, -0.05) is 66.7 Å². The van der Waals surface area contributed by atoms with Crippen molar-refractivity contribution in [2.24, 2.45) is 0 Å². The molecule has 0 saturated heterocycles.